The molecule has 0 spiro atoms. The Morgan fingerprint density at radius 2 is 2.00 bits per heavy atom. The molecule has 6 heteroatoms. The summed E-state index contributed by atoms with van der Waals surface area (Å²) in [5.41, 5.74) is -1.08. The predicted octanol–water partition coefficient (Wildman–Crippen LogP) is 3.96. The first-order chi connectivity index (χ1) is 7.86. The molecule has 94 valence electrons. The molecule has 0 aliphatic carbocycles. The van der Waals surface area contributed by atoms with Gasteiger partial charge < -0.3 is 0 Å². The first-order valence-corrected chi connectivity index (χ1v) is 5.20. The number of hydrogen-bond donors (Lipinski definition) is 0. The van der Waals surface area contributed by atoms with Crippen molar-refractivity contribution in [2.24, 2.45) is 0 Å². The van der Waals surface area contributed by atoms with E-state index in [9.17, 15) is 23.3 Å². The minimum absolute atomic E-state index is 0.352. The summed E-state index contributed by atoms with van der Waals surface area (Å²) in [6.07, 6.45) is -2.58. The van der Waals surface area contributed by atoms with Crippen LogP contribution < -0.4 is 0 Å². The molecular weight excluding hydrogens is 235 g/mol. The Balaban J connectivity index is 3.13. The lowest BCUT2D eigenvalue weighted by Gasteiger charge is -2.08. The zero-order valence-electron chi connectivity index (χ0n) is 9.25. The quantitative estimate of drug-likeness (QED) is 0.597. The van der Waals surface area contributed by atoms with Crippen molar-refractivity contribution in [2.45, 2.75) is 32.4 Å². The number of alkyl halides is 3. The number of aryl methyl sites for hydroxylation is 1. The Bertz CT molecular complexity index is 416. The topological polar surface area (TPSA) is 43.1 Å². The van der Waals surface area contributed by atoms with E-state index in [0.717, 1.165) is 12.5 Å². The van der Waals surface area contributed by atoms with Gasteiger partial charge in [-0.25, -0.2) is 0 Å². The van der Waals surface area contributed by atoms with Crippen molar-refractivity contribution < 1.29 is 18.1 Å². The molecule has 0 radical (unpaired) electrons. The first-order valence-electron chi connectivity index (χ1n) is 5.20. The average molecular weight is 247 g/mol. The molecule has 0 fully saturated rings. The fourth-order valence-electron chi connectivity index (χ4n) is 1.49. The highest BCUT2D eigenvalue weighted by Crippen LogP contribution is 2.33. The summed E-state index contributed by atoms with van der Waals surface area (Å²) in [5.74, 6) is 0. The van der Waals surface area contributed by atoms with Crippen LogP contribution >= 0.6 is 0 Å². The van der Waals surface area contributed by atoms with Crippen molar-refractivity contribution in [2.75, 3.05) is 0 Å². The number of nitrogens with zero attached hydrogens (tertiary/aromatic N) is 1. The Hall–Kier alpha value is -1.59. The summed E-state index contributed by atoms with van der Waals surface area (Å²) in [5, 5.41) is 10.7. The van der Waals surface area contributed by atoms with Crippen LogP contribution in [0.1, 0.15) is 30.9 Å². The molecule has 0 N–H and O–H groups in total. The maximum absolute atomic E-state index is 12.4. The van der Waals surface area contributed by atoms with E-state index in [2.05, 4.69) is 0 Å². The molecule has 0 heterocycles. The van der Waals surface area contributed by atoms with Gasteiger partial charge in [0.1, 0.15) is 0 Å². The molecule has 0 saturated heterocycles. The number of rotatable bonds is 4. The minimum Gasteiger partial charge on any atom is -0.258 e. The van der Waals surface area contributed by atoms with Gasteiger partial charge in [0.05, 0.1) is 10.5 Å². The zero-order chi connectivity index (χ0) is 13.1. The lowest BCUT2D eigenvalue weighted by Crippen LogP contribution is -2.06. The highest BCUT2D eigenvalue weighted by atomic mass is 19.4. The van der Waals surface area contributed by atoms with Crippen LogP contribution in [0.4, 0.5) is 18.9 Å². The third-order valence-corrected chi connectivity index (χ3v) is 2.41. The Labute approximate surface area is 96.4 Å². The third kappa shape index (κ3) is 3.44. The van der Waals surface area contributed by atoms with E-state index < -0.39 is 22.4 Å². The van der Waals surface area contributed by atoms with Crippen LogP contribution in [0.2, 0.25) is 0 Å². The second kappa shape index (κ2) is 5.16. The monoisotopic (exact) mass is 247 g/mol. The summed E-state index contributed by atoms with van der Waals surface area (Å²) in [4.78, 5) is 9.94. The highest BCUT2D eigenvalue weighted by Gasteiger charge is 2.32. The number of halogens is 3. The molecule has 1 aromatic rings. The van der Waals surface area contributed by atoms with E-state index in [1.165, 1.54) is 6.07 Å². The number of nitro benzene ring substituents is 1. The smallest absolute Gasteiger partial charge is 0.258 e. The van der Waals surface area contributed by atoms with Crippen LogP contribution in [0.3, 0.4) is 0 Å². The molecular formula is C11H12F3NO2. The SMILES string of the molecule is CCCCc1ccc(C(F)(F)F)cc1[N+](=O)[O-]. The van der Waals surface area contributed by atoms with E-state index in [1.807, 2.05) is 6.92 Å². The molecule has 0 bridgehead atoms. The Kier molecular flexibility index (Phi) is 4.09. The molecule has 0 amide bonds. The lowest BCUT2D eigenvalue weighted by atomic mass is 10.0. The standard InChI is InChI=1S/C11H12F3NO2/c1-2-3-4-8-5-6-9(11(12,13)14)7-10(8)15(16)17/h5-7H,2-4H2,1H3. The van der Waals surface area contributed by atoms with Crippen LogP contribution in [0, 0.1) is 10.1 Å². The average Bonchev–Trinajstić information content (AvgIpc) is 2.24. The van der Waals surface area contributed by atoms with Gasteiger partial charge in [0.2, 0.25) is 0 Å². The normalized spacial score (nSPS) is 11.5. The second-order valence-electron chi connectivity index (χ2n) is 3.70. The maximum Gasteiger partial charge on any atom is 0.416 e. The summed E-state index contributed by atoms with van der Waals surface area (Å²) in [6, 6.07) is 2.68. The van der Waals surface area contributed by atoms with Gasteiger partial charge in [-0.15, -0.1) is 0 Å². The fourth-order valence-corrected chi connectivity index (χ4v) is 1.49. The van der Waals surface area contributed by atoms with Crippen molar-refractivity contribution in [3.8, 4) is 0 Å². The van der Waals surface area contributed by atoms with Crippen LogP contribution in [-0.4, -0.2) is 4.92 Å². The highest BCUT2D eigenvalue weighted by molar-refractivity contribution is 5.44. The molecule has 0 unspecified atom stereocenters. The second-order valence-corrected chi connectivity index (χ2v) is 3.70. The number of hydrogen-bond acceptors (Lipinski definition) is 2. The molecule has 17 heavy (non-hydrogen) atoms. The molecule has 0 saturated carbocycles. The van der Waals surface area contributed by atoms with Crippen molar-refractivity contribution >= 4 is 5.69 Å². The summed E-state index contributed by atoms with van der Waals surface area (Å²) < 4.78 is 37.2. The Morgan fingerprint density at radius 1 is 1.35 bits per heavy atom. The van der Waals surface area contributed by atoms with Gasteiger partial charge in [-0.2, -0.15) is 13.2 Å². The van der Waals surface area contributed by atoms with Gasteiger partial charge in [-0.3, -0.25) is 10.1 Å². The summed E-state index contributed by atoms with van der Waals surface area (Å²) in [6.45, 7) is 1.91. The van der Waals surface area contributed by atoms with E-state index in [4.69, 9.17) is 0 Å². The largest absolute Gasteiger partial charge is 0.416 e. The van der Waals surface area contributed by atoms with Crippen LogP contribution in [0.5, 0.6) is 0 Å². The third-order valence-electron chi connectivity index (χ3n) is 2.41. The first kappa shape index (κ1) is 13.5. The molecule has 3 nitrogen and oxygen atoms in total. The van der Waals surface area contributed by atoms with Gasteiger partial charge in [0.15, 0.2) is 0 Å². The lowest BCUT2D eigenvalue weighted by molar-refractivity contribution is -0.385. The molecule has 1 rings (SSSR count). The summed E-state index contributed by atoms with van der Waals surface area (Å²) in [7, 11) is 0. The zero-order valence-corrected chi connectivity index (χ0v) is 9.25. The van der Waals surface area contributed by atoms with Gasteiger partial charge >= 0.3 is 6.18 Å². The number of unbranched alkanes of at least 4 members (excludes halogenated alkanes) is 1. The number of benzene rings is 1. The van der Waals surface area contributed by atoms with E-state index in [-0.39, 0.29) is 0 Å². The van der Waals surface area contributed by atoms with Crippen molar-refractivity contribution in [3.63, 3.8) is 0 Å². The van der Waals surface area contributed by atoms with Crippen LogP contribution in [0.25, 0.3) is 0 Å². The molecule has 0 aromatic heterocycles. The van der Waals surface area contributed by atoms with Gasteiger partial charge in [0.25, 0.3) is 5.69 Å². The maximum atomic E-state index is 12.4. The van der Waals surface area contributed by atoms with E-state index in [0.29, 0.717) is 24.5 Å². The molecule has 0 aliphatic rings. The van der Waals surface area contributed by atoms with Crippen LogP contribution in [0.15, 0.2) is 18.2 Å². The van der Waals surface area contributed by atoms with E-state index >= 15 is 0 Å². The van der Waals surface area contributed by atoms with Crippen LogP contribution in [-0.2, 0) is 12.6 Å². The molecule has 0 aliphatic heterocycles. The van der Waals surface area contributed by atoms with Crippen molar-refractivity contribution in [3.05, 3.63) is 39.4 Å². The van der Waals surface area contributed by atoms with E-state index in [1.54, 1.807) is 0 Å². The summed E-state index contributed by atoms with van der Waals surface area (Å²) >= 11 is 0. The van der Waals surface area contributed by atoms with Crippen molar-refractivity contribution in [1.29, 1.82) is 0 Å². The minimum atomic E-state index is -4.55. The van der Waals surface area contributed by atoms with Gasteiger partial charge in [0, 0.05) is 11.6 Å². The molecule has 0 atom stereocenters. The van der Waals surface area contributed by atoms with Crippen molar-refractivity contribution in [1.82, 2.24) is 0 Å². The van der Waals surface area contributed by atoms with Gasteiger partial charge in [-0.05, 0) is 18.9 Å². The fraction of sp³-hybridized carbons (Fsp3) is 0.455. The van der Waals surface area contributed by atoms with Gasteiger partial charge in [-0.1, -0.05) is 19.4 Å². The molecule has 1 aromatic carbocycles. The Morgan fingerprint density at radius 3 is 2.47 bits per heavy atom. The number of nitro groups is 1. The predicted molar refractivity (Wildman–Crippen MR) is 56.7 cm³/mol.